The maximum atomic E-state index is 11.9. The number of fused-ring (bicyclic) bond motifs is 1. The molecule has 0 atom stereocenters. The van der Waals surface area contributed by atoms with Crippen LogP contribution in [0.2, 0.25) is 0 Å². The minimum absolute atomic E-state index is 0.00938. The summed E-state index contributed by atoms with van der Waals surface area (Å²) in [6.07, 6.45) is 1.24. The lowest BCUT2D eigenvalue weighted by Gasteiger charge is -2.17. The molecule has 1 aliphatic heterocycles. The third-order valence-electron chi connectivity index (χ3n) is 3.07. The number of amides is 2. The first-order chi connectivity index (χ1) is 9.13. The largest absolute Gasteiger partial charge is 0.491 e. The Bertz CT molecular complexity index is 499. The Morgan fingerprint density at radius 2 is 2.26 bits per heavy atom. The van der Waals surface area contributed by atoms with Gasteiger partial charge in [0.25, 0.3) is 5.91 Å². The molecule has 1 heterocycles. The second-order valence-corrected chi connectivity index (χ2v) is 4.49. The second kappa shape index (κ2) is 5.73. The van der Waals surface area contributed by atoms with Gasteiger partial charge in [0.1, 0.15) is 5.75 Å². The summed E-state index contributed by atoms with van der Waals surface area (Å²) in [5.41, 5.74) is 1.18. The fourth-order valence-electron chi connectivity index (χ4n) is 1.93. The van der Waals surface area contributed by atoms with Crippen molar-refractivity contribution in [1.82, 2.24) is 5.32 Å². The standard InChI is InChI=1S/C14H18N2O3/c1-3-7-15-14(18)10-4-5-12-11(9-10)16(2)13(17)6-8-19-12/h4-5,9H,3,6-8H2,1-2H3,(H,15,18). The first-order valence-corrected chi connectivity index (χ1v) is 6.45. The van der Waals surface area contributed by atoms with Gasteiger partial charge in [0.15, 0.2) is 0 Å². The Labute approximate surface area is 112 Å². The maximum absolute atomic E-state index is 11.9. The first kappa shape index (κ1) is 13.4. The van der Waals surface area contributed by atoms with Crippen molar-refractivity contribution >= 4 is 17.5 Å². The minimum atomic E-state index is -0.130. The Kier molecular flexibility index (Phi) is 4.04. The normalized spacial score (nSPS) is 14.4. The van der Waals surface area contributed by atoms with E-state index in [-0.39, 0.29) is 11.8 Å². The number of carbonyl (C=O) groups is 2. The third kappa shape index (κ3) is 2.86. The van der Waals surface area contributed by atoms with E-state index in [2.05, 4.69) is 5.32 Å². The van der Waals surface area contributed by atoms with Crippen molar-refractivity contribution in [2.75, 3.05) is 25.1 Å². The lowest BCUT2D eigenvalue weighted by molar-refractivity contribution is -0.118. The Hall–Kier alpha value is -2.04. The molecule has 0 aliphatic carbocycles. The summed E-state index contributed by atoms with van der Waals surface area (Å²) in [4.78, 5) is 25.2. The number of anilines is 1. The van der Waals surface area contributed by atoms with Crippen LogP contribution in [0.25, 0.3) is 0 Å². The van der Waals surface area contributed by atoms with Crippen LogP contribution < -0.4 is 15.0 Å². The highest BCUT2D eigenvalue weighted by Gasteiger charge is 2.21. The monoisotopic (exact) mass is 262 g/mol. The van der Waals surface area contributed by atoms with E-state index in [0.29, 0.717) is 36.6 Å². The van der Waals surface area contributed by atoms with Crippen molar-refractivity contribution < 1.29 is 14.3 Å². The molecular weight excluding hydrogens is 244 g/mol. The third-order valence-corrected chi connectivity index (χ3v) is 3.07. The fraction of sp³-hybridized carbons (Fsp3) is 0.429. The van der Waals surface area contributed by atoms with E-state index >= 15 is 0 Å². The predicted molar refractivity (Wildman–Crippen MR) is 72.6 cm³/mol. The van der Waals surface area contributed by atoms with Gasteiger partial charge in [-0.2, -0.15) is 0 Å². The van der Waals surface area contributed by atoms with E-state index in [1.807, 2.05) is 6.92 Å². The number of nitrogens with zero attached hydrogens (tertiary/aromatic N) is 1. The van der Waals surface area contributed by atoms with Gasteiger partial charge in [-0.05, 0) is 24.6 Å². The van der Waals surface area contributed by atoms with Gasteiger partial charge >= 0.3 is 0 Å². The molecule has 5 nitrogen and oxygen atoms in total. The van der Waals surface area contributed by atoms with Crippen LogP contribution >= 0.6 is 0 Å². The average Bonchev–Trinajstić information content (AvgIpc) is 2.56. The number of benzene rings is 1. The molecule has 0 fully saturated rings. The van der Waals surface area contributed by atoms with E-state index < -0.39 is 0 Å². The molecule has 5 heteroatoms. The lowest BCUT2D eigenvalue weighted by Crippen LogP contribution is -2.26. The number of ether oxygens (including phenoxy) is 1. The van der Waals surface area contributed by atoms with Crippen LogP contribution in [-0.2, 0) is 4.79 Å². The summed E-state index contributed by atoms with van der Waals surface area (Å²) in [6, 6.07) is 5.16. The van der Waals surface area contributed by atoms with Crippen molar-refractivity contribution in [2.45, 2.75) is 19.8 Å². The van der Waals surface area contributed by atoms with Gasteiger partial charge in [-0.25, -0.2) is 0 Å². The fourth-order valence-corrected chi connectivity index (χ4v) is 1.93. The Balaban J connectivity index is 2.28. The smallest absolute Gasteiger partial charge is 0.251 e. The van der Waals surface area contributed by atoms with Crippen molar-refractivity contribution in [1.29, 1.82) is 0 Å². The summed E-state index contributed by atoms with van der Waals surface area (Å²) in [6.45, 7) is 3.01. The second-order valence-electron chi connectivity index (χ2n) is 4.49. The van der Waals surface area contributed by atoms with Crippen LogP contribution in [0.5, 0.6) is 5.75 Å². The number of carbonyl (C=O) groups excluding carboxylic acids is 2. The molecule has 2 amide bonds. The zero-order valence-electron chi connectivity index (χ0n) is 11.2. The molecule has 0 saturated carbocycles. The number of hydrogen-bond donors (Lipinski definition) is 1. The highest BCUT2D eigenvalue weighted by molar-refractivity contribution is 5.99. The van der Waals surface area contributed by atoms with Crippen LogP contribution in [0, 0.1) is 0 Å². The molecule has 0 radical (unpaired) electrons. The highest BCUT2D eigenvalue weighted by atomic mass is 16.5. The van der Waals surface area contributed by atoms with Crippen LogP contribution in [0.3, 0.4) is 0 Å². The summed E-state index contributed by atoms with van der Waals surface area (Å²) in [5, 5.41) is 2.81. The highest BCUT2D eigenvalue weighted by Crippen LogP contribution is 2.31. The number of rotatable bonds is 3. The molecule has 102 valence electrons. The van der Waals surface area contributed by atoms with Crippen LogP contribution in [-0.4, -0.2) is 32.0 Å². The molecular formula is C14H18N2O3. The SMILES string of the molecule is CCCNC(=O)c1ccc2c(c1)N(C)C(=O)CCO2. The van der Waals surface area contributed by atoms with Gasteiger partial charge in [-0.1, -0.05) is 6.92 Å². The van der Waals surface area contributed by atoms with E-state index in [1.54, 1.807) is 30.1 Å². The Morgan fingerprint density at radius 3 is 3.00 bits per heavy atom. The molecule has 19 heavy (non-hydrogen) atoms. The minimum Gasteiger partial charge on any atom is -0.491 e. The van der Waals surface area contributed by atoms with Gasteiger partial charge < -0.3 is 15.0 Å². The molecule has 0 saturated heterocycles. The zero-order chi connectivity index (χ0) is 13.8. The lowest BCUT2D eigenvalue weighted by atomic mass is 10.1. The van der Waals surface area contributed by atoms with Crippen LogP contribution in [0.1, 0.15) is 30.1 Å². The van der Waals surface area contributed by atoms with Crippen molar-refractivity contribution in [2.24, 2.45) is 0 Å². The molecule has 0 aromatic heterocycles. The van der Waals surface area contributed by atoms with Crippen LogP contribution in [0.15, 0.2) is 18.2 Å². The Morgan fingerprint density at radius 1 is 1.47 bits per heavy atom. The molecule has 2 rings (SSSR count). The summed E-state index contributed by atoms with van der Waals surface area (Å²) < 4.78 is 5.51. The van der Waals surface area contributed by atoms with E-state index in [0.717, 1.165) is 6.42 Å². The van der Waals surface area contributed by atoms with E-state index in [4.69, 9.17) is 4.74 Å². The van der Waals surface area contributed by atoms with Crippen LogP contribution in [0.4, 0.5) is 5.69 Å². The number of hydrogen-bond acceptors (Lipinski definition) is 3. The van der Waals surface area contributed by atoms with Gasteiger partial charge in [0.05, 0.1) is 18.7 Å². The first-order valence-electron chi connectivity index (χ1n) is 6.45. The van der Waals surface area contributed by atoms with Gasteiger partial charge in [0.2, 0.25) is 5.91 Å². The van der Waals surface area contributed by atoms with Crippen molar-refractivity contribution in [3.63, 3.8) is 0 Å². The summed E-state index contributed by atoms with van der Waals surface area (Å²) in [7, 11) is 1.70. The molecule has 1 N–H and O–H groups in total. The summed E-state index contributed by atoms with van der Waals surface area (Å²) >= 11 is 0. The molecule has 1 aliphatic rings. The maximum Gasteiger partial charge on any atom is 0.251 e. The quantitative estimate of drug-likeness (QED) is 0.899. The molecule has 0 unspecified atom stereocenters. The topological polar surface area (TPSA) is 58.6 Å². The van der Waals surface area contributed by atoms with E-state index in [9.17, 15) is 9.59 Å². The van der Waals surface area contributed by atoms with Crippen molar-refractivity contribution in [3.8, 4) is 5.75 Å². The summed E-state index contributed by atoms with van der Waals surface area (Å²) in [5.74, 6) is 0.500. The predicted octanol–water partition coefficient (Wildman–Crippen LogP) is 1.57. The molecule has 0 bridgehead atoms. The van der Waals surface area contributed by atoms with E-state index in [1.165, 1.54) is 0 Å². The zero-order valence-corrected chi connectivity index (χ0v) is 11.2. The molecule has 0 spiro atoms. The van der Waals surface area contributed by atoms with Gasteiger partial charge in [-0.15, -0.1) is 0 Å². The molecule has 1 aromatic rings. The van der Waals surface area contributed by atoms with Gasteiger partial charge in [-0.3, -0.25) is 9.59 Å². The molecule has 1 aromatic carbocycles. The van der Waals surface area contributed by atoms with Crippen molar-refractivity contribution in [3.05, 3.63) is 23.8 Å². The van der Waals surface area contributed by atoms with Gasteiger partial charge in [0, 0.05) is 19.2 Å². The number of nitrogens with one attached hydrogen (secondary N) is 1. The average molecular weight is 262 g/mol.